The molecule has 1 unspecified atom stereocenters. The van der Waals surface area contributed by atoms with Crippen molar-refractivity contribution in [3.8, 4) is 0 Å². The highest BCUT2D eigenvalue weighted by atomic mass is 35.5. The minimum atomic E-state index is -0.0721. The van der Waals surface area contributed by atoms with Gasteiger partial charge < -0.3 is 16.0 Å². The lowest BCUT2D eigenvalue weighted by Crippen LogP contribution is -2.23. The summed E-state index contributed by atoms with van der Waals surface area (Å²) in [5.41, 5.74) is 1.42. The van der Waals surface area contributed by atoms with E-state index in [0.29, 0.717) is 23.8 Å². The first-order valence-electron chi connectivity index (χ1n) is 7.99. The lowest BCUT2D eigenvalue weighted by atomic mass is 10.1. The van der Waals surface area contributed by atoms with Crippen LogP contribution in [0.2, 0.25) is 0 Å². The number of nitrogens with one attached hydrogen (secondary N) is 3. The molecule has 0 bridgehead atoms. The summed E-state index contributed by atoms with van der Waals surface area (Å²) in [5, 5.41) is 9.11. The zero-order valence-corrected chi connectivity index (χ0v) is 14.5. The number of hydrogen-bond acceptors (Lipinski definition) is 3. The summed E-state index contributed by atoms with van der Waals surface area (Å²) in [6.07, 6.45) is 3.74. The molecule has 1 saturated heterocycles. The van der Waals surface area contributed by atoms with Crippen LogP contribution in [0.25, 0.3) is 0 Å². The summed E-state index contributed by atoms with van der Waals surface area (Å²) in [6.45, 7) is 4.75. The van der Waals surface area contributed by atoms with Gasteiger partial charge in [-0.1, -0.05) is 19.9 Å². The van der Waals surface area contributed by atoms with Crippen LogP contribution in [0.4, 0.5) is 11.4 Å². The van der Waals surface area contributed by atoms with Gasteiger partial charge in [0.1, 0.15) is 0 Å². The fourth-order valence-electron chi connectivity index (χ4n) is 2.49. The molecule has 2 rings (SSSR count). The molecular weight excluding hydrogens is 314 g/mol. The molecule has 6 heteroatoms. The van der Waals surface area contributed by atoms with E-state index in [1.54, 1.807) is 6.07 Å². The molecule has 0 spiro atoms. The van der Waals surface area contributed by atoms with Gasteiger partial charge in [-0.05, 0) is 44.0 Å². The zero-order valence-electron chi connectivity index (χ0n) is 13.7. The molecule has 0 radical (unpaired) electrons. The second-order valence-electron chi connectivity index (χ2n) is 6.10. The number of benzene rings is 1. The minimum Gasteiger partial charge on any atom is -0.326 e. The van der Waals surface area contributed by atoms with E-state index >= 15 is 0 Å². The third-order valence-corrected chi connectivity index (χ3v) is 3.82. The molecular formula is C17H26ClN3O2. The molecule has 1 aromatic rings. The highest BCUT2D eigenvalue weighted by Crippen LogP contribution is 2.17. The molecule has 1 atom stereocenters. The van der Waals surface area contributed by atoms with Gasteiger partial charge in [0.25, 0.3) is 0 Å². The number of hydrogen-bond donors (Lipinski definition) is 3. The van der Waals surface area contributed by atoms with Gasteiger partial charge in [0.15, 0.2) is 0 Å². The van der Waals surface area contributed by atoms with Gasteiger partial charge in [-0.3, -0.25) is 9.59 Å². The van der Waals surface area contributed by atoms with Crippen molar-refractivity contribution in [1.29, 1.82) is 0 Å². The Hall–Kier alpha value is -1.59. The molecule has 1 aliphatic heterocycles. The van der Waals surface area contributed by atoms with Crippen LogP contribution in [0.3, 0.4) is 0 Å². The standard InChI is InChI=1S/C17H25N3O2.ClH/c1-12(2)17(22)20-15-6-3-5-14(11-15)19-16(21)9-8-13-7-4-10-18-13;/h3,5-6,11-13,18H,4,7-10H2,1-2H3,(H,19,21)(H,20,22);1H. The average molecular weight is 340 g/mol. The van der Waals surface area contributed by atoms with Crippen LogP contribution < -0.4 is 16.0 Å². The van der Waals surface area contributed by atoms with E-state index in [-0.39, 0.29) is 30.1 Å². The SMILES string of the molecule is CC(C)C(=O)Nc1cccc(NC(=O)CCC2CCCN2)c1.Cl. The summed E-state index contributed by atoms with van der Waals surface area (Å²) < 4.78 is 0. The monoisotopic (exact) mass is 339 g/mol. The van der Waals surface area contributed by atoms with E-state index in [1.807, 2.05) is 32.0 Å². The van der Waals surface area contributed by atoms with Crippen LogP contribution in [0, 0.1) is 5.92 Å². The Kier molecular flexibility index (Phi) is 8.06. The molecule has 0 saturated carbocycles. The Morgan fingerprint density at radius 1 is 1.26 bits per heavy atom. The maximum Gasteiger partial charge on any atom is 0.226 e. The predicted octanol–water partition coefficient (Wildman–Crippen LogP) is 3.17. The Morgan fingerprint density at radius 2 is 1.96 bits per heavy atom. The van der Waals surface area contributed by atoms with E-state index in [9.17, 15) is 9.59 Å². The molecule has 1 aliphatic rings. The van der Waals surface area contributed by atoms with Crippen molar-refractivity contribution < 1.29 is 9.59 Å². The normalized spacial score (nSPS) is 16.7. The Bertz CT molecular complexity index is 528. The topological polar surface area (TPSA) is 70.2 Å². The van der Waals surface area contributed by atoms with E-state index in [2.05, 4.69) is 16.0 Å². The number of amides is 2. The Morgan fingerprint density at radius 3 is 2.57 bits per heavy atom. The molecule has 0 aromatic heterocycles. The fraction of sp³-hybridized carbons (Fsp3) is 0.529. The molecule has 1 fully saturated rings. The van der Waals surface area contributed by atoms with Crippen LogP contribution in [0.5, 0.6) is 0 Å². The van der Waals surface area contributed by atoms with Crippen LogP contribution in [-0.4, -0.2) is 24.4 Å². The summed E-state index contributed by atoms with van der Waals surface area (Å²) in [7, 11) is 0. The van der Waals surface area contributed by atoms with Gasteiger partial charge in [0.05, 0.1) is 0 Å². The van der Waals surface area contributed by atoms with Crippen molar-refractivity contribution >= 4 is 35.6 Å². The average Bonchev–Trinajstić information content (AvgIpc) is 2.98. The largest absolute Gasteiger partial charge is 0.326 e. The second-order valence-corrected chi connectivity index (χ2v) is 6.10. The van der Waals surface area contributed by atoms with Gasteiger partial charge in [0.2, 0.25) is 11.8 Å². The van der Waals surface area contributed by atoms with Gasteiger partial charge >= 0.3 is 0 Å². The number of halogens is 1. The maximum absolute atomic E-state index is 12.0. The maximum atomic E-state index is 12.0. The van der Waals surface area contributed by atoms with Crippen LogP contribution in [0.15, 0.2) is 24.3 Å². The van der Waals surface area contributed by atoms with Crippen molar-refractivity contribution in [3.63, 3.8) is 0 Å². The first kappa shape index (κ1) is 19.5. The van der Waals surface area contributed by atoms with Crippen molar-refractivity contribution in [2.24, 2.45) is 5.92 Å². The molecule has 1 heterocycles. The van der Waals surface area contributed by atoms with E-state index in [1.165, 1.54) is 6.42 Å². The molecule has 23 heavy (non-hydrogen) atoms. The van der Waals surface area contributed by atoms with Gasteiger partial charge in [-0.15, -0.1) is 12.4 Å². The minimum absolute atomic E-state index is 0. The van der Waals surface area contributed by atoms with Crippen molar-refractivity contribution in [2.45, 2.75) is 45.6 Å². The van der Waals surface area contributed by atoms with Crippen LogP contribution in [-0.2, 0) is 9.59 Å². The van der Waals surface area contributed by atoms with E-state index in [0.717, 1.165) is 19.4 Å². The molecule has 3 N–H and O–H groups in total. The molecule has 2 amide bonds. The van der Waals surface area contributed by atoms with Crippen molar-refractivity contribution in [1.82, 2.24) is 5.32 Å². The predicted molar refractivity (Wildman–Crippen MR) is 96.0 cm³/mol. The van der Waals surface area contributed by atoms with Gasteiger partial charge in [-0.2, -0.15) is 0 Å². The van der Waals surface area contributed by atoms with Gasteiger partial charge in [-0.25, -0.2) is 0 Å². The molecule has 0 aliphatic carbocycles. The smallest absolute Gasteiger partial charge is 0.226 e. The summed E-state index contributed by atoms with van der Waals surface area (Å²) in [5.74, 6) is -0.0889. The lowest BCUT2D eigenvalue weighted by molar-refractivity contribution is -0.119. The first-order valence-corrected chi connectivity index (χ1v) is 7.99. The third kappa shape index (κ3) is 6.59. The Balaban J connectivity index is 0.00000264. The van der Waals surface area contributed by atoms with E-state index in [4.69, 9.17) is 0 Å². The summed E-state index contributed by atoms with van der Waals surface area (Å²) >= 11 is 0. The highest BCUT2D eigenvalue weighted by Gasteiger charge is 2.15. The van der Waals surface area contributed by atoms with E-state index < -0.39 is 0 Å². The number of rotatable bonds is 6. The molecule has 128 valence electrons. The van der Waals surface area contributed by atoms with Crippen LogP contribution >= 0.6 is 12.4 Å². The van der Waals surface area contributed by atoms with Crippen molar-refractivity contribution in [3.05, 3.63) is 24.3 Å². The third-order valence-electron chi connectivity index (χ3n) is 3.82. The fourth-order valence-corrected chi connectivity index (χ4v) is 2.49. The van der Waals surface area contributed by atoms with Crippen LogP contribution in [0.1, 0.15) is 39.5 Å². The molecule has 1 aromatic carbocycles. The van der Waals surface area contributed by atoms with Crippen molar-refractivity contribution in [2.75, 3.05) is 17.2 Å². The zero-order chi connectivity index (χ0) is 15.9. The lowest BCUT2D eigenvalue weighted by Gasteiger charge is -2.12. The second kappa shape index (κ2) is 9.53. The first-order chi connectivity index (χ1) is 10.5. The number of carbonyl (C=O) groups excluding carboxylic acids is 2. The summed E-state index contributed by atoms with van der Waals surface area (Å²) in [6, 6.07) is 7.73. The molecule has 5 nitrogen and oxygen atoms in total. The number of carbonyl (C=O) groups is 2. The quantitative estimate of drug-likeness (QED) is 0.745. The highest BCUT2D eigenvalue weighted by molar-refractivity contribution is 5.94. The summed E-state index contributed by atoms with van der Waals surface area (Å²) in [4.78, 5) is 23.7. The Labute approximate surface area is 144 Å². The van der Waals surface area contributed by atoms with Gasteiger partial charge in [0, 0.05) is 29.8 Å². The number of anilines is 2.